The van der Waals surface area contributed by atoms with E-state index in [1.165, 1.54) is 0 Å². The first-order valence-electron chi connectivity index (χ1n) is 10.0. The average Bonchev–Trinajstić information content (AvgIpc) is 3.25. The molecule has 162 valence electrons. The number of carbonyl (C=O) groups is 1. The third-order valence-electron chi connectivity index (χ3n) is 4.78. The molecule has 9 heteroatoms. The second kappa shape index (κ2) is 8.68. The van der Waals surface area contributed by atoms with Crippen LogP contribution in [0.25, 0.3) is 17.2 Å². The minimum Gasteiger partial charge on any atom is -0.423 e. The van der Waals surface area contributed by atoms with Gasteiger partial charge in [0.15, 0.2) is 5.82 Å². The first kappa shape index (κ1) is 20.6. The van der Waals surface area contributed by atoms with E-state index in [2.05, 4.69) is 25.4 Å². The smallest absolute Gasteiger partial charge is 0.343 e. The van der Waals surface area contributed by atoms with Gasteiger partial charge in [-0.25, -0.2) is 9.78 Å². The fourth-order valence-corrected chi connectivity index (χ4v) is 3.33. The van der Waals surface area contributed by atoms with Gasteiger partial charge in [-0.05, 0) is 67.6 Å². The van der Waals surface area contributed by atoms with Gasteiger partial charge in [0, 0.05) is 40.4 Å². The fourth-order valence-electron chi connectivity index (χ4n) is 3.20. The number of hydrogen-bond acceptors (Lipinski definition) is 7. The van der Waals surface area contributed by atoms with Crippen molar-refractivity contribution < 1.29 is 9.53 Å². The molecule has 3 heterocycles. The zero-order valence-corrected chi connectivity index (χ0v) is 18.2. The lowest BCUT2D eigenvalue weighted by Crippen LogP contribution is -2.08. The molecule has 0 spiro atoms. The van der Waals surface area contributed by atoms with Crippen molar-refractivity contribution in [2.24, 2.45) is 0 Å². The number of pyridine rings is 1. The molecule has 5 aromatic rings. The van der Waals surface area contributed by atoms with Gasteiger partial charge in [0.25, 0.3) is 5.78 Å². The predicted molar refractivity (Wildman–Crippen MR) is 125 cm³/mol. The predicted octanol–water partition coefficient (Wildman–Crippen LogP) is 5.11. The number of halogens is 1. The third kappa shape index (κ3) is 4.51. The second-order valence-electron chi connectivity index (χ2n) is 7.22. The summed E-state index contributed by atoms with van der Waals surface area (Å²) in [4.78, 5) is 25.4. The molecule has 0 radical (unpaired) electrons. The summed E-state index contributed by atoms with van der Waals surface area (Å²) in [5.74, 6) is 1.69. The van der Waals surface area contributed by atoms with Crippen molar-refractivity contribution in [3.63, 3.8) is 0 Å². The number of aromatic nitrogens is 5. The normalized spacial score (nSPS) is 10.8. The monoisotopic (exact) mass is 456 g/mol. The standard InChI is InChI=1S/C24H17ClN6O2/c1-15-13-21(31-24(27-15)29-22(30-31)17-3-2-12-26-14-17)28-19-8-10-20(11-9-19)33-23(32)16-4-6-18(25)7-5-16/h2-14,28H,1H3. The highest BCUT2D eigenvalue weighted by molar-refractivity contribution is 6.30. The number of hydrogen-bond donors (Lipinski definition) is 1. The van der Waals surface area contributed by atoms with Gasteiger partial charge in [-0.15, -0.1) is 5.10 Å². The largest absolute Gasteiger partial charge is 0.423 e. The summed E-state index contributed by atoms with van der Waals surface area (Å²) in [5.41, 5.74) is 2.81. The van der Waals surface area contributed by atoms with Crippen LogP contribution in [0, 0.1) is 6.92 Å². The number of aryl methyl sites for hydroxylation is 1. The molecule has 0 aliphatic carbocycles. The van der Waals surface area contributed by atoms with E-state index in [-0.39, 0.29) is 0 Å². The Labute approximate surface area is 193 Å². The molecule has 0 bridgehead atoms. The molecule has 0 atom stereocenters. The Kier molecular flexibility index (Phi) is 5.42. The van der Waals surface area contributed by atoms with E-state index in [0.717, 1.165) is 16.9 Å². The Morgan fingerprint density at radius 1 is 1.03 bits per heavy atom. The number of ether oxygens (including phenoxy) is 1. The highest BCUT2D eigenvalue weighted by Crippen LogP contribution is 2.23. The minimum absolute atomic E-state index is 0.423. The fraction of sp³-hybridized carbons (Fsp3) is 0.0417. The maximum Gasteiger partial charge on any atom is 0.343 e. The Balaban J connectivity index is 1.36. The Morgan fingerprint density at radius 3 is 2.55 bits per heavy atom. The number of anilines is 2. The lowest BCUT2D eigenvalue weighted by Gasteiger charge is -2.10. The zero-order chi connectivity index (χ0) is 22.8. The summed E-state index contributed by atoms with van der Waals surface area (Å²) >= 11 is 5.86. The molecule has 3 aromatic heterocycles. The van der Waals surface area contributed by atoms with Gasteiger partial charge in [-0.1, -0.05) is 11.6 Å². The maximum atomic E-state index is 12.3. The van der Waals surface area contributed by atoms with E-state index in [4.69, 9.17) is 16.3 Å². The number of carbonyl (C=O) groups excluding carboxylic acids is 1. The van der Waals surface area contributed by atoms with Crippen molar-refractivity contribution in [3.8, 4) is 17.1 Å². The highest BCUT2D eigenvalue weighted by Gasteiger charge is 2.13. The third-order valence-corrected chi connectivity index (χ3v) is 5.03. The van der Waals surface area contributed by atoms with Crippen LogP contribution in [-0.4, -0.2) is 30.5 Å². The number of nitrogens with one attached hydrogen (secondary N) is 1. The van der Waals surface area contributed by atoms with Crippen molar-refractivity contribution in [1.29, 1.82) is 0 Å². The summed E-state index contributed by atoms with van der Waals surface area (Å²) in [7, 11) is 0. The average molecular weight is 457 g/mol. The topological polar surface area (TPSA) is 94.3 Å². The van der Waals surface area contributed by atoms with Gasteiger partial charge in [-0.3, -0.25) is 4.98 Å². The maximum absolute atomic E-state index is 12.3. The van der Waals surface area contributed by atoms with E-state index in [0.29, 0.717) is 33.8 Å². The molecule has 0 saturated carbocycles. The highest BCUT2D eigenvalue weighted by atomic mass is 35.5. The molecule has 5 rings (SSSR count). The molecule has 0 saturated heterocycles. The molecule has 8 nitrogen and oxygen atoms in total. The molecule has 0 fully saturated rings. The van der Waals surface area contributed by atoms with Gasteiger partial charge >= 0.3 is 5.97 Å². The number of benzene rings is 2. The van der Waals surface area contributed by atoms with E-state index >= 15 is 0 Å². The molecular weight excluding hydrogens is 440 g/mol. The van der Waals surface area contributed by atoms with E-state index in [1.54, 1.807) is 53.3 Å². The summed E-state index contributed by atoms with van der Waals surface area (Å²) in [5, 5.41) is 8.46. The number of fused-ring (bicyclic) bond motifs is 1. The van der Waals surface area contributed by atoms with Crippen molar-refractivity contribution in [3.05, 3.63) is 95.4 Å². The van der Waals surface area contributed by atoms with Gasteiger partial charge < -0.3 is 10.1 Å². The number of nitrogens with zero attached hydrogens (tertiary/aromatic N) is 5. The van der Waals surface area contributed by atoms with Crippen LogP contribution in [0.2, 0.25) is 5.02 Å². The van der Waals surface area contributed by atoms with E-state index < -0.39 is 5.97 Å². The summed E-state index contributed by atoms with van der Waals surface area (Å²) in [6, 6.07) is 19.2. The summed E-state index contributed by atoms with van der Waals surface area (Å²) < 4.78 is 7.08. The van der Waals surface area contributed by atoms with Gasteiger partial charge in [0.2, 0.25) is 0 Å². The molecule has 0 unspecified atom stereocenters. The molecule has 0 aliphatic heterocycles. The van der Waals surface area contributed by atoms with Crippen molar-refractivity contribution >= 4 is 34.9 Å². The SMILES string of the molecule is Cc1cc(Nc2ccc(OC(=O)c3ccc(Cl)cc3)cc2)n2nc(-c3cccnc3)nc2n1. The summed E-state index contributed by atoms with van der Waals surface area (Å²) in [6.45, 7) is 1.89. The lowest BCUT2D eigenvalue weighted by atomic mass is 10.2. The van der Waals surface area contributed by atoms with Crippen LogP contribution in [0.5, 0.6) is 5.75 Å². The minimum atomic E-state index is -0.454. The Morgan fingerprint density at radius 2 is 1.82 bits per heavy atom. The first-order valence-corrected chi connectivity index (χ1v) is 10.4. The molecule has 0 amide bonds. The zero-order valence-electron chi connectivity index (χ0n) is 17.4. The van der Waals surface area contributed by atoms with Crippen molar-refractivity contribution in [2.75, 3.05) is 5.32 Å². The summed E-state index contributed by atoms with van der Waals surface area (Å²) in [6.07, 6.45) is 3.41. The quantitative estimate of drug-likeness (QED) is 0.290. The van der Waals surface area contributed by atoms with Crippen LogP contribution < -0.4 is 10.1 Å². The van der Waals surface area contributed by atoms with Crippen LogP contribution in [0.4, 0.5) is 11.5 Å². The Hall–Kier alpha value is -4.30. The number of rotatable bonds is 5. The van der Waals surface area contributed by atoms with Crippen LogP contribution in [0.3, 0.4) is 0 Å². The number of esters is 1. The van der Waals surface area contributed by atoms with Gasteiger partial charge in [0.05, 0.1) is 5.56 Å². The molecular formula is C24H17ClN6O2. The van der Waals surface area contributed by atoms with Gasteiger partial charge in [-0.2, -0.15) is 9.50 Å². The van der Waals surface area contributed by atoms with E-state index in [1.807, 2.05) is 37.3 Å². The molecule has 2 aromatic carbocycles. The van der Waals surface area contributed by atoms with Crippen LogP contribution in [-0.2, 0) is 0 Å². The van der Waals surface area contributed by atoms with Crippen molar-refractivity contribution in [2.45, 2.75) is 6.92 Å². The molecule has 1 N–H and O–H groups in total. The van der Waals surface area contributed by atoms with Crippen LogP contribution in [0.15, 0.2) is 79.1 Å². The van der Waals surface area contributed by atoms with E-state index in [9.17, 15) is 4.79 Å². The van der Waals surface area contributed by atoms with Gasteiger partial charge in [0.1, 0.15) is 11.6 Å². The van der Waals surface area contributed by atoms with Crippen molar-refractivity contribution in [1.82, 2.24) is 24.6 Å². The molecule has 0 aliphatic rings. The second-order valence-corrected chi connectivity index (χ2v) is 7.65. The molecule has 33 heavy (non-hydrogen) atoms. The van der Waals surface area contributed by atoms with Crippen LogP contribution in [0.1, 0.15) is 16.1 Å². The Bertz CT molecular complexity index is 1430. The van der Waals surface area contributed by atoms with Crippen LogP contribution >= 0.6 is 11.6 Å². The first-order chi connectivity index (χ1) is 16.0. The lowest BCUT2D eigenvalue weighted by molar-refractivity contribution is 0.0735.